The van der Waals surface area contributed by atoms with E-state index in [0.29, 0.717) is 23.1 Å². The van der Waals surface area contributed by atoms with Crippen LogP contribution in [0.4, 0.5) is 11.6 Å². The highest BCUT2D eigenvalue weighted by atomic mass is 16.4. The van der Waals surface area contributed by atoms with Crippen molar-refractivity contribution in [3.63, 3.8) is 0 Å². The molecular formula is C34H39N8O11-. The second kappa shape index (κ2) is 19.0. The number of primary amides is 1. The van der Waals surface area contributed by atoms with Gasteiger partial charge in [-0.05, 0) is 61.2 Å². The number of hydrogen-bond acceptors (Lipinski definition) is 11. The van der Waals surface area contributed by atoms with Gasteiger partial charge in [-0.25, -0.2) is 19.4 Å². The van der Waals surface area contributed by atoms with Gasteiger partial charge in [0.05, 0.1) is 10.9 Å². The van der Waals surface area contributed by atoms with Crippen molar-refractivity contribution in [3.05, 3.63) is 76.2 Å². The van der Waals surface area contributed by atoms with E-state index in [4.69, 9.17) is 11.5 Å². The molecule has 53 heavy (non-hydrogen) atoms. The number of hydrogen-bond donors (Lipinski definition) is 9. The van der Waals surface area contributed by atoms with Gasteiger partial charge in [0, 0.05) is 37.1 Å². The van der Waals surface area contributed by atoms with Gasteiger partial charge < -0.3 is 53.7 Å². The number of benzene rings is 2. The summed E-state index contributed by atoms with van der Waals surface area (Å²) in [6, 6.07) is 6.79. The Labute approximate surface area is 301 Å². The van der Waals surface area contributed by atoms with Crippen molar-refractivity contribution in [2.24, 2.45) is 5.73 Å². The summed E-state index contributed by atoms with van der Waals surface area (Å²) in [4.78, 5) is 104. The number of H-pyrrole nitrogens is 1. The van der Waals surface area contributed by atoms with Crippen molar-refractivity contribution in [3.8, 4) is 0 Å². The number of allylic oxidation sites excluding steroid dienone is 1. The summed E-state index contributed by atoms with van der Waals surface area (Å²) in [6.07, 6.45) is 2.20. The zero-order valence-electron chi connectivity index (χ0n) is 28.5. The van der Waals surface area contributed by atoms with Gasteiger partial charge in [0.1, 0.15) is 18.1 Å². The molecule has 19 nitrogen and oxygen atoms in total. The van der Waals surface area contributed by atoms with Gasteiger partial charge in [0.15, 0.2) is 0 Å². The highest BCUT2D eigenvalue weighted by Crippen LogP contribution is 2.21. The standard InChI is InChI=1S/C34H39N8O11/c1-2-15-42(17-18-3-8-22-21(16-18)30(47)41-34(36)40-22)20-6-4-19(5-7-20)29(46)39-25(33(52)53)11-14-28(45)38-24(32(50)51)10-13-27(44)37-23(31(48)49)9-12-26(35)43/h3-8,15-16,23-25H,9-14,17H2,1H3,(H2,35,43)(H,37,44)(H,38,45)(H,39,46)(H,48,49)(H,50,51)(H,52,53)(H3,36,40,41,47)/q-1/t23-,24-,25-/m0/s1. The first-order valence-corrected chi connectivity index (χ1v) is 16.1. The predicted molar refractivity (Wildman–Crippen MR) is 188 cm³/mol. The lowest BCUT2D eigenvalue weighted by molar-refractivity contribution is -0.143. The van der Waals surface area contributed by atoms with Gasteiger partial charge in [-0.3, -0.25) is 29.0 Å². The third kappa shape index (κ3) is 12.5. The molecule has 282 valence electrons. The number of nitrogens with two attached hydrogens (primary N) is 2. The lowest BCUT2D eigenvalue weighted by Gasteiger charge is -2.25. The Hall–Kier alpha value is -6.79. The van der Waals surface area contributed by atoms with Crippen molar-refractivity contribution in [2.75, 3.05) is 10.6 Å². The lowest BCUT2D eigenvalue weighted by atomic mass is 10.1. The highest BCUT2D eigenvalue weighted by Gasteiger charge is 2.26. The van der Waals surface area contributed by atoms with Gasteiger partial charge in [-0.2, -0.15) is 13.1 Å². The number of carboxylic acids is 3. The van der Waals surface area contributed by atoms with Crippen LogP contribution in [0.2, 0.25) is 0 Å². The molecule has 0 radical (unpaired) electrons. The minimum atomic E-state index is -1.57. The quantitative estimate of drug-likeness (QED) is 0.0690. The fourth-order valence-corrected chi connectivity index (χ4v) is 5.05. The number of nitrogens with zero attached hydrogens (tertiary/aromatic N) is 2. The Morgan fingerprint density at radius 2 is 1.36 bits per heavy atom. The molecule has 1 heterocycles. The topological polar surface area (TPSA) is 317 Å². The van der Waals surface area contributed by atoms with E-state index >= 15 is 0 Å². The summed E-state index contributed by atoms with van der Waals surface area (Å²) >= 11 is 0. The van der Waals surface area contributed by atoms with Crippen LogP contribution in [0.25, 0.3) is 10.9 Å². The molecule has 0 aliphatic carbocycles. The Morgan fingerprint density at radius 1 is 0.830 bits per heavy atom. The molecule has 0 spiro atoms. The van der Waals surface area contributed by atoms with Crippen molar-refractivity contribution < 1.29 is 48.9 Å². The average molecular weight is 736 g/mol. The normalized spacial score (nSPS) is 12.7. The highest BCUT2D eigenvalue weighted by molar-refractivity contribution is 5.97. The predicted octanol–water partition coefficient (Wildman–Crippen LogP) is -0.00361. The van der Waals surface area contributed by atoms with Crippen LogP contribution in [0, 0.1) is 6.08 Å². The van der Waals surface area contributed by atoms with Crippen molar-refractivity contribution in [1.29, 1.82) is 0 Å². The number of carboxylic acid groups (broad SMARTS) is 3. The second-order valence-corrected chi connectivity index (χ2v) is 11.8. The Bertz CT molecular complexity index is 1940. The molecule has 4 amide bonds. The molecule has 3 aromatic rings. The Morgan fingerprint density at radius 3 is 1.87 bits per heavy atom. The minimum Gasteiger partial charge on any atom is -0.482 e. The first kappa shape index (κ1) is 40.6. The van der Waals surface area contributed by atoms with Gasteiger partial charge in [-0.15, -0.1) is 0 Å². The molecule has 0 aliphatic heterocycles. The maximum atomic E-state index is 13.0. The molecule has 0 bridgehead atoms. The smallest absolute Gasteiger partial charge is 0.326 e. The SMILES string of the molecule is C[C-]=CN(Cc1ccc2nc(N)[nH]c(=O)c2c1)c1ccc(C(=O)N[C@@H](CCC(=O)N[C@@H](CCC(=O)N[C@@H](CCC(N)=O)C(=O)O)C(=O)O)C(=O)O)cc1. The van der Waals surface area contributed by atoms with Crippen LogP contribution in [-0.2, 0) is 35.3 Å². The number of nitrogens with one attached hydrogen (secondary N) is 4. The monoisotopic (exact) mass is 735 g/mol. The third-order valence-electron chi connectivity index (χ3n) is 7.76. The number of rotatable bonds is 20. The van der Waals surface area contributed by atoms with E-state index in [9.17, 15) is 53.7 Å². The number of aromatic amines is 1. The molecule has 3 atom stereocenters. The fourth-order valence-electron chi connectivity index (χ4n) is 5.05. The van der Waals surface area contributed by atoms with Gasteiger partial charge in [0.2, 0.25) is 23.7 Å². The number of carbonyl (C=O) groups is 7. The summed E-state index contributed by atoms with van der Waals surface area (Å²) in [5, 5.41) is 35.4. The second-order valence-electron chi connectivity index (χ2n) is 11.8. The molecule has 11 N–H and O–H groups in total. The first-order valence-electron chi connectivity index (χ1n) is 16.1. The first-order chi connectivity index (χ1) is 25.1. The molecule has 0 saturated heterocycles. The van der Waals surface area contributed by atoms with Gasteiger partial charge in [-0.1, -0.05) is 6.07 Å². The summed E-state index contributed by atoms with van der Waals surface area (Å²) in [5.41, 5.74) is 12.2. The Kier molecular flexibility index (Phi) is 14.6. The van der Waals surface area contributed by atoms with E-state index in [0.717, 1.165) is 5.56 Å². The molecule has 0 aliphatic rings. The molecule has 0 saturated carbocycles. The van der Waals surface area contributed by atoms with E-state index in [-0.39, 0.29) is 29.9 Å². The number of carbonyl (C=O) groups excluding carboxylic acids is 4. The number of aliphatic carboxylic acids is 3. The molecule has 1 aromatic heterocycles. The number of aromatic nitrogens is 2. The number of anilines is 2. The fraction of sp³-hybridized carbons (Fsp3) is 0.324. The number of nitrogen functional groups attached to an aromatic ring is 1. The summed E-state index contributed by atoms with van der Waals surface area (Å²) in [7, 11) is 0. The zero-order valence-corrected chi connectivity index (χ0v) is 28.5. The van der Waals surface area contributed by atoms with Crippen LogP contribution in [0.3, 0.4) is 0 Å². The Balaban J connectivity index is 1.57. The van der Waals surface area contributed by atoms with E-state index in [1.54, 1.807) is 48.4 Å². The van der Waals surface area contributed by atoms with Crippen molar-refractivity contribution in [2.45, 2.75) is 70.1 Å². The summed E-state index contributed by atoms with van der Waals surface area (Å²) in [5.74, 6) is -7.60. The summed E-state index contributed by atoms with van der Waals surface area (Å²) in [6.45, 7) is 2.00. The lowest BCUT2D eigenvalue weighted by Crippen LogP contribution is -2.45. The molecule has 0 unspecified atom stereocenters. The van der Waals surface area contributed by atoms with Crippen LogP contribution in [0.5, 0.6) is 0 Å². The number of amides is 4. The van der Waals surface area contributed by atoms with Gasteiger partial charge in [0.25, 0.3) is 11.5 Å². The van der Waals surface area contributed by atoms with Crippen molar-refractivity contribution >= 4 is 64.1 Å². The van der Waals surface area contributed by atoms with E-state index in [2.05, 4.69) is 32.0 Å². The van der Waals surface area contributed by atoms with E-state index < -0.39 is 85.3 Å². The van der Waals surface area contributed by atoms with E-state index in [1.165, 1.54) is 12.1 Å². The maximum Gasteiger partial charge on any atom is 0.326 e. The van der Waals surface area contributed by atoms with Gasteiger partial charge >= 0.3 is 17.9 Å². The van der Waals surface area contributed by atoms with Crippen molar-refractivity contribution in [1.82, 2.24) is 25.9 Å². The zero-order chi connectivity index (χ0) is 39.2. The average Bonchev–Trinajstić information content (AvgIpc) is 3.09. The molecule has 0 fully saturated rings. The van der Waals surface area contributed by atoms with Crippen LogP contribution >= 0.6 is 0 Å². The minimum absolute atomic E-state index is 0.00187. The van der Waals surface area contributed by atoms with E-state index in [1.807, 2.05) is 0 Å². The molecular weight excluding hydrogens is 696 g/mol. The van der Waals surface area contributed by atoms with Crippen LogP contribution in [0.1, 0.15) is 61.4 Å². The summed E-state index contributed by atoms with van der Waals surface area (Å²) < 4.78 is 0. The largest absolute Gasteiger partial charge is 0.482 e. The number of fused-ring (bicyclic) bond motifs is 1. The molecule has 3 rings (SSSR count). The molecule has 2 aromatic carbocycles. The molecule has 19 heteroatoms. The van der Waals surface area contributed by atoms with Crippen LogP contribution in [0.15, 0.2) is 53.5 Å². The maximum absolute atomic E-state index is 13.0. The third-order valence-corrected chi connectivity index (χ3v) is 7.76. The van der Waals surface area contributed by atoms with Crippen LogP contribution < -0.4 is 37.9 Å². The van der Waals surface area contributed by atoms with Crippen LogP contribution in [-0.4, -0.2) is 84.9 Å².